The van der Waals surface area contributed by atoms with Crippen LogP contribution in [0.25, 0.3) is 32.2 Å². The minimum Gasteiger partial charge on any atom is -0.462 e. The number of likely N-dealkylation sites (N-methyl/N-ethyl adjacent to an activating group) is 1. The van der Waals surface area contributed by atoms with Gasteiger partial charge in [0.15, 0.2) is 10.9 Å². The second kappa shape index (κ2) is 11.6. The highest BCUT2D eigenvalue weighted by Gasteiger charge is 2.38. The van der Waals surface area contributed by atoms with Crippen LogP contribution in [0.15, 0.2) is 18.2 Å². The smallest absolute Gasteiger partial charge is 0.417 e. The van der Waals surface area contributed by atoms with Crippen LogP contribution in [0.1, 0.15) is 18.4 Å². The highest BCUT2D eigenvalue weighted by molar-refractivity contribution is 7.22. The maximum absolute atomic E-state index is 16.6. The predicted molar refractivity (Wildman–Crippen MR) is 156 cm³/mol. The molecule has 1 unspecified atom stereocenters. The van der Waals surface area contributed by atoms with Crippen LogP contribution >= 0.6 is 11.3 Å². The highest BCUT2D eigenvalue weighted by atomic mass is 32.1. The van der Waals surface area contributed by atoms with Gasteiger partial charge in [0, 0.05) is 48.7 Å². The number of nitrogen functional groups attached to an aromatic ring is 1. The molecule has 10 nitrogen and oxygen atoms in total. The number of thiazole rings is 1. The Labute approximate surface area is 252 Å². The van der Waals surface area contributed by atoms with Gasteiger partial charge in [0.25, 0.3) is 0 Å². The number of hydrogen-bond donors (Lipinski definition) is 2. The third-order valence-electron chi connectivity index (χ3n) is 8.16. The Balaban J connectivity index is 1.54. The number of nitrogens with zero attached hydrogens (tertiary/aromatic N) is 6. The minimum atomic E-state index is -5.02. The van der Waals surface area contributed by atoms with Gasteiger partial charge < -0.3 is 30.9 Å². The first-order chi connectivity index (χ1) is 21.0. The third kappa shape index (κ3) is 5.45. The van der Waals surface area contributed by atoms with E-state index in [1.807, 2.05) is 7.05 Å². The predicted octanol–water partition coefficient (Wildman–Crippen LogP) is 3.87. The fourth-order valence-electron chi connectivity index (χ4n) is 5.83. The van der Waals surface area contributed by atoms with E-state index in [9.17, 15) is 22.4 Å². The van der Waals surface area contributed by atoms with Gasteiger partial charge in [-0.3, -0.25) is 4.79 Å². The monoisotopic (exact) mass is 636 g/mol. The number of rotatable bonds is 6. The van der Waals surface area contributed by atoms with Crippen molar-refractivity contribution in [1.29, 1.82) is 0 Å². The molecule has 4 aromatic rings. The summed E-state index contributed by atoms with van der Waals surface area (Å²) < 4.78 is 81.0. The first-order valence-corrected chi connectivity index (χ1v) is 14.8. The van der Waals surface area contributed by atoms with Gasteiger partial charge in [0.2, 0.25) is 5.91 Å². The van der Waals surface area contributed by atoms with Crippen molar-refractivity contribution < 1.29 is 31.5 Å². The number of ether oxygens (including phenoxy) is 1. The molecule has 0 spiro atoms. The summed E-state index contributed by atoms with van der Waals surface area (Å²) in [4.78, 5) is 30.2. The summed E-state index contributed by atoms with van der Waals surface area (Å²) in [5.74, 6) is -2.23. The molecule has 234 valence electrons. The molecule has 0 aliphatic carbocycles. The molecule has 2 aromatic carbocycles. The molecule has 4 N–H and O–H groups in total. The minimum absolute atomic E-state index is 0.0442. The van der Waals surface area contributed by atoms with Crippen LogP contribution in [0.3, 0.4) is 0 Å². The van der Waals surface area contributed by atoms with Gasteiger partial charge >= 0.3 is 12.2 Å². The molecule has 2 aromatic heterocycles. The number of hydrogen-bond acceptors (Lipinski definition) is 10. The molecule has 2 fully saturated rings. The van der Waals surface area contributed by atoms with Gasteiger partial charge in [-0.1, -0.05) is 11.3 Å². The third-order valence-corrected chi connectivity index (χ3v) is 9.05. The Kier molecular flexibility index (Phi) is 7.92. The largest absolute Gasteiger partial charge is 0.462 e. The normalized spacial score (nSPS) is 18.1. The van der Waals surface area contributed by atoms with E-state index in [0.717, 1.165) is 48.9 Å². The highest BCUT2D eigenvalue weighted by Crippen LogP contribution is 2.46. The lowest BCUT2D eigenvalue weighted by Gasteiger charge is -2.36. The van der Waals surface area contributed by atoms with E-state index in [4.69, 9.17) is 16.2 Å². The number of aromatic nitrogens is 3. The molecule has 1 amide bonds. The quantitative estimate of drug-likeness (QED) is 0.304. The number of fused-ring (bicyclic) bond motifs is 2. The maximum Gasteiger partial charge on any atom is 0.417 e. The molecule has 2 aliphatic heterocycles. The lowest BCUT2D eigenvalue weighted by atomic mass is 9.95. The van der Waals surface area contributed by atoms with Crippen LogP contribution in [0.5, 0.6) is 6.01 Å². The van der Waals surface area contributed by atoms with E-state index in [0.29, 0.717) is 0 Å². The fourth-order valence-corrected chi connectivity index (χ4v) is 6.60. The summed E-state index contributed by atoms with van der Waals surface area (Å²) in [6.07, 6.45) is -3.16. The van der Waals surface area contributed by atoms with E-state index in [1.165, 1.54) is 0 Å². The van der Waals surface area contributed by atoms with Crippen LogP contribution in [0.4, 0.5) is 32.9 Å². The molecule has 0 saturated carbocycles. The second-order valence-electron chi connectivity index (χ2n) is 10.8. The van der Waals surface area contributed by atoms with Crippen LogP contribution in [0, 0.1) is 11.6 Å². The van der Waals surface area contributed by atoms with Crippen LogP contribution in [-0.2, 0) is 11.0 Å². The number of amides is 1. The van der Waals surface area contributed by atoms with Gasteiger partial charge in [-0.25, -0.2) is 13.8 Å². The van der Waals surface area contributed by atoms with Crippen molar-refractivity contribution in [3.63, 3.8) is 0 Å². The first-order valence-electron chi connectivity index (χ1n) is 14.0. The lowest BCUT2D eigenvalue weighted by Crippen LogP contribution is -2.50. The first kappa shape index (κ1) is 30.1. The molecule has 0 bridgehead atoms. The second-order valence-corrected chi connectivity index (χ2v) is 11.9. The zero-order chi connectivity index (χ0) is 31.3. The standard InChI is InChI=1S/C28H29F5N8O2S/c1-39-6-2-3-14(39)13-43-27-37-22-16(25(38-27)41-9-7-40(8-10-41)19(42)12-34)11-17(28(31,32)33)20(21(22)30)15-4-5-18(29)24-23(15)36-26(35)44-24/h4-5,11,14H,2-3,6-10,12-13,34H2,1H3,(H2,35,36). The van der Waals surface area contributed by atoms with Crippen molar-refractivity contribution in [2.24, 2.45) is 5.73 Å². The van der Waals surface area contributed by atoms with Gasteiger partial charge in [0.05, 0.1) is 22.3 Å². The molecule has 1 atom stereocenters. The average molecular weight is 637 g/mol. The number of alkyl halides is 3. The summed E-state index contributed by atoms with van der Waals surface area (Å²) in [7, 11) is 1.95. The van der Waals surface area contributed by atoms with Crippen molar-refractivity contribution >= 4 is 49.3 Å². The van der Waals surface area contributed by atoms with Gasteiger partial charge in [-0.2, -0.15) is 23.1 Å². The Morgan fingerprint density at radius 1 is 1.09 bits per heavy atom. The zero-order valence-corrected chi connectivity index (χ0v) is 24.4. The summed E-state index contributed by atoms with van der Waals surface area (Å²) >= 11 is 0.752. The SMILES string of the molecule is CN1CCCC1COc1nc(N2CCN(C(=O)CN)CC2)c2cc(C(F)(F)F)c(-c3ccc(F)c4sc(N)nc34)c(F)c2n1. The van der Waals surface area contributed by atoms with Crippen molar-refractivity contribution in [2.45, 2.75) is 25.1 Å². The van der Waals surface area contributed by atoms with Crippen LogP contribution in [0.2, 0.25) is 0 Å². The van der Waals surface area contributed by atoms with Gasteiger partial charge in [-0.15, -0.1) is 0 Å². The fraction of sp³-hybridized carbons (Fsp3) is 0.429. The Morgan fingerprint density at radius 3 is 2.50 bits per heavy atom. The topological polar surface area (TPSA) is 127 Å². The van der Waals surface area contributed by atoms with E-state index in [2.05, 4.69) is 19.9 Å². The number of carbonyl (C=O) groups is 1. The number of piperazine rings is 1. The van der Waals surface area contributed by atoms with E-state index in [-0.39, 0.29) is 89.4 Å². The van der Waals surface area contributed by atoms with E-state index >= 15 is 4.39 Å². The average Bonchev–Trinajstić information content (AvgIpc) is 3.60. The number of benzene rings is 2. The van der Waals surface area contributed by atoms with Crippen LogP contribution in [-0.4, -0.2) is 89.6 Å². The lowest BCUT2D eigenvalue weighted by molar-refractivity contribution is -0.137. The number of halogens is 5. The van der Waals surface area contributed by atoms with E-state index < -0.39 is 34.5 Å². The number of carbonyl (C=O) groups excluding carboxylic acids is 1. The zero-order valence-electron chi connectivity index (χ0n) is 23.6. The molecule has 44 heavy (non-hydrogen) atoms. The molecule has 0 radical (unpaired) electrons. The van der Waals surface area contributed by atoms with Crippen molar-refractivity contribution in [3.05, 3.63) is 35.4 Å². The molecule has 6 rings (SSSR count). The van der Waals surface area contributed by atoms with Crippen molar-refractivity contribution in [2.75, 3.05) is 63.6 Å². The van der Waals surface area contributed by atoms with E-state index in [1.54, 1.807) is 9.80 Å². The summed E-state index contributed by atoms with van der Waals surface area (Å²) in [5, 5.41) is -0.260. The van der Waals surface area contributed by atoms with Crippen LogP contribution < -0.4 is 21.1 Å². The Morgan fingerprint density at radius 2 is 1.84 bits per heavy atom. The van der Waals surface area contributed by atoms with Gasteiger partial charge in [0.1, 0.15) is 23.8 Å². The Bertz CT molecular complexity index is 1740. The van der Waals surface area contributed by atoms with Crippen molar-refractivity contribution in [3.8, 4) is 17.1 Å². The van der Waals surface area contributed by atoms with Crippen molar-refractivity contribution in [1.82, 2.24) is 24.8 Å². The summed E-state index contributed by atoms with van der Waals surface area (Å²) in [6, 6.07) is 2.69. The summed E-state index contributed by atoms with van der Waals surface area (Å²) in [5.41, 5.74) is 8.27. The molecular formula is C28H29F5N8O2S. The number of nitrogens with two attached hydrogens (primary N) is 2. The maximum atomic E-state index is 16.6. The Hall–Kier alpha value is -3.89. The molecule has 16 heteroatoms. The molecule has 4 heterocycles. The molecule has 2 aliphatic rings. The number of anilines is 2. The van der Waals surface area contributed by atoms with Gasteiger partial charge in [-0.05, 0) is 44.6 Å². The number of likely N-dealkylation sites (tertiary alicyclic amines) is 1. The summed E-state index contributed by atoms with van der Waals surface area (Å²) in [6.45, 7) is 1.83. The molecule has 2 saturated heterocycles. The molecular weight excluding hydrogens is 607 g/mol.